The Morgan fingerprint density at radius 2 is 1.72 bits per heavy atom. The molecule has 0 atom stereocenters. The second-order valence-electron chi connectivity index (χ2n) is 5.94. The van der Waals surface area contributed by atoms with E-state index in [4.69, 9.17) is 4.74 Å². The van der Waals surface area contributed by atoms with Gasteiger partial charge in [-0.05, 0) is 20.3 Å². The van der Waals surface area contributed by atoms with Crippen LogP contribution >= 0.6 is 0 Å². The molecule has 1 aliphatic heterocycles. The van der Waals surface area contributed by atoms with Gasteiger partial charge in [0, 0.05) is 38.6 Å². The molecule has 3 heterocycles. The molecule has 0 saturated carbocycles. The lowest BCUT2D eigenvalue weighted by atomic mass is 10.1. The summed E-state index contributed by atoms with van der Waals surface area (Å²) in [5.74, 6) is 1.21. The van der Waals surface area contributed by atoms with Crippen LogP contribution in [0.5, 0.6) is 5.88 Å². The second kappa shape index (κ2) is 7.42. The molecule has 3 rings (SSSR count). The summed E-state index contributed by atoms with van der Waals surface area (Å²) in [5.41, 5.74) is 2.04. The Kier molecular flexibility index (Phi) is 5.06. The number of amides is 1. The van der Waals surface area contributed by atoms with Gasteiger partial charge in [-0.2, -0.15) is 0 Å². The number of nitrogens with zero attached hydrogens (tertiary/aromatic N) is 6. The van der Waals surface area contributed by atoms with Crippen LogP contribution in [-0.4, -0.2) is 64.0 Å². The molecule has 8 nitrogen and oxygen atoms in total. The van der Waals surface area contributed by atoms with Gasteiger partial charge in [0.15, 0.2) is 5.82 Å². The molecule has 1 amide bonds. The number of ether oxygens (including phenoxy) is 1. The first-order valence-electron chi connectivity index (χ1n) is 8.29. The highest BCUT2D eigenvalue weighted by molar-refractivity contribution is 5.96. The van der Waals surface area contributed by atoms with E-state index in [-0.39, 0.29) is 5.91 Å². The molecule has 8 heteroatoms. The van der Waals surface area contributed by atoms with Gasteiger partial charge >= 0.3 is 0 Å². The van der Waals surface area contributed by atoms with Crippen molar-refractivity contribution >= 4 is 11.7 Å². The predicted molar refractivity (Wildman–Crippen MR) is 92.8 cm³/mol. The van der Waals surface area contributed by atoms with Gasteiger partial charge in [0.05, 0.1) is 24.1 Å². The summed E-state index contributed by atoms with van der Waals surface area (Å²) >= 11 is 0. The number of aryl methyl sites for hydroxylation is 2. The zero-order valence-corrected chi connectivity index (χ0v) is 14.8. The Labute approximate surface area is 146 Å². The van der Waals surface area contributed by atoms with Crippen molar-refractivity contribution in [2.45, 2.75) is 20.3 Å². The number of rotatable bonds is 3. The van der Waals surface area contributed by atoms with Crippen molar-refractivity contribution in [3.63, 3.8) is 0 Å². The van der Waals surface area contributed by atoms with Crippen molar-refractivity contribution < 1.29 is 9.53 Å². The minimum atomic E-state index is -0.0106. The number of anilines is 1. The monoisotopic (exact) mass is 342 g/mol. The minimum Gasteiger partial charge on any atom is -0.478 e. The van der Waals surface area contributed by atoms with Gasteiger partial charge in [-0.3, -0.25) is 4.79 Å². The highest BCUT2D eigenvalue weighted by atomic mass is 16.5. The van der Waals surface area contributed by atoms with E-state index in [1.807, 2.05) is 18.7 Å². The van der Waals surface area contributed by atoms with Crippen LogP contribution in [0.15, 0.2) is 18.7 Å². The molecule has 2 aromatic heterocycles. The largest absolute Gasteiger partial charge is 0.478 e. The number of carbonyl (C=O) groups excluding carboxylic acids is 1. The fourth-order valence-electron chi connectivity index (χ4n) is 3.07. The van der Waals surface area contributed by atoms with Crippen LogP contribution in [0.2, 0.25) is 0 Å². The summed E-state index contributed by atoms with van der Waals surface area (Å²) in [6.45, 7) is 6.44. The van der Waals surface area contributed by atoms with Gasteiger partial charge < -0.3 is 14.5 Å². The molecule has 0 N–H and O–H groups in total. The van der Waals surface area contributed by atoms with Crippen LogP contribution in [0.3, 0.4) is 0 Å². The Morgan fingerprint density at radius 1 is 1.00 bits per heavy atom. The summed E-state index contributed by atoms with van der Waals surface area (Å²) < 4.78 is 5.30. The number of carbonyl (C=O) groups is 1. The topological polar surface area (TPSA) is 84.3 Å². The summed E-state index contributed by atoms with van der Waals surface area (Å²) in [6, 6.07) is 0. The first kappa shape index (κ1) is 17.1. The molecule has 0 unspecified atom stereocenters. The van der Waals surface area contributed by atoms with Crippen molar-refractivity contribution in [3.05, 3.63) is 35.7 Å². The zero-order valence-electron chi connectivity index (χ0n) is 14.8. The van der Waals surface area contributed by atoms with Crippen LogP contribution < -0.4 is 9.64 Å². The first-order chi connectivity index (χ1) is 12.1. The molecule has 0 aromatic carbocycles. The van der Waals surface area contributed by atoms with Crippen molar-refractivity contribution in [2.75, 3.05) is 38.2 Å². The fourth-order valence-corrected chi connectivity index (χ4v) is 3.07. The predicted octanol–water partition coefficient (Wildman–Crippen LogP) is 1.24. The molecular formula is C17H22N6O2. The van der Waals surface area contributed by atoms with E-state index in [1.54, 1.807) is 19.5 Å². The van der Waals surface area contributed by atoms with Gasteiger partial charge in [-0.1, -0.05) is 0 Å². The van der Waals surface area contributed by atoms with E-state index in [0.717, 1.165) is 18.8 Å². The number of hydrogen-bond donors (Lipinski definition) is 0. The van der Waals surface area contributed by atoms with E-state index in [1.165, 1.54) is 6.33 Å². The quantitative estimate of drug-likeness (QED) is 0.830. The van der Waals surface area contributed by atoms with Gasteiger partial charge in [0.25, 0.3) is 11.8 Å². The van der Waals surface area contributed by atoms with E-state index >= 15 is 0 Å². The number of hydrogen-bond acceptors (Lipinski definition) is 7. The highest BCUT2D eigenvalue weighted by Crippen LogP contribution is 2.23. The van der Waals surface area contributed by atoms with Crippen molar-refractivity contribution in [2.24, 2.45) is 0 Å². The maximum atomic E-state index is 12.9. The number of aromatic nitrogens is 4. The molecule has 0 aliphatic carbocycles. The molecule has 0 spiro atoms. The summed E-state index contributed by atoms with van der Waals surface area (Å²) in [5, 5.41) is 0. The normalized spacial score (nSPS) is 15.0. The van der Waals surface area contributed by atoms with Crippen LogP contribution in [0, 0.1) is 13.8 Å². The second-order valence-corrected chi connectivity index (χ2v) is 5.94. The van der Waals surface area contributed by atoms with E-state index < -0.39 is 0 Å². The molecule has 1 aliphatic rings. The lowest BCUT2D eigenvalue weighted by Crippen LogP contribution is -2.36. The molecule has 2 aromatic rings. The lowest BCUT2D eigenvalue weighted by molar-refractivity contribution is 0.0764. The SMILES string of the molecule is COc1nccnc1N1CCCN(C(=O)c2c(C)ncnc2C)CC1. The van der Waals surface area contributed by atoms with Crippen LogP contribution in [0.4, 0.5) is 5.82 Å². The third-order valence-corrected chi connectivity index (χ3v) is 4.36. The molecule has 1 saturated heterocycles. The van der Waals surface area contributed by atoms with Crippen molar-refractivity contribution in [1.29, 1.82) is 0 Å². The smallest absolute Gasteiger partial charge is 0.257 e. The first-order valence-corrected chi connectivity index (χ1v) is 8.29. The fraction of sp³-hybridized carbons (Fsp3) is 0.471. The van der Waals surface area contributed by atoms with Gasteiger partial charge in [0.2, 0.25) is 0 Å². The average molecular weight is 342 g/mol. The molecule has 25 heavy (non-hydrogen) atoms. The minimum absolute atomic E-state index is 0.0106. The number of methoxy groups -OCH3 is 1. The highest BCUT2D eigenvalue weighted by Gasteiger charge is 2.25. The molecule has 0 radical (unpaired) electrons. The zero-order chi connectivity index (χ0) is 17.8. The van der Waals surface area contributed by atoms with Crippen molar-refractivity contribution in [3.8, 4) is 5.88 Å². The van der Waals surface area contributed by atoms with Gasteiger partial charge in [0.1, 0.15) is 6.33 Å². The average Bonchev–Trinajstić information content (AvgIpc) is 2.87. The van der Waals surface area contributed by atoms with Gasteiger partial charge in [-0.15, -0.1) is 0 Å². The maximum Gasteiger partial charge on any atom is 0.257 e. The third kappa shape index (κ3) is 3.52. The Bertz CT molecular complexity index is 746. The Balaban J connectivity index is 1.77. The summed E-state index contributed by atoms with van der Waals surface area (Å²) in [4.78, 5) is 33.8. The molecular weight excluding hydrogens is 320 g/mol. The van der Waals surface area contributed by atoms with E-state index in [2.05, 4.69) is 24.8 Å². The van der Waals surface area contributed by atoms with Crippen LogP contribution in [0.1, 0.15) is 28.2 Å². The lowest BCUT2D eigenvalue weighted by Gasteiger charge is -2.24. The van der Waals surface area contributed by atoms with Crippen LogP contribution in [-0.2, 0) is 0 Å². The van der Waals surface area contributed by atoms with Crippen LogP contribution in [0.25, 0.3) is 0 Å². The third-order valence-electron chi connectivity index (χ3n) is 4.36. The summed E-state index contributed by atoms with van der Waals surface area (Å²) in [7, 11) is 1.59. The summed E-state index contributed by atoms with van der Waals surface area (Å²) in [6.07, 6.45) is 5.60. The molecule has 1 fully saturated rings. The van der Waals surface area contributed by atoms with Crippen molar-refractivity contribution in [1.82, 2.24) is 24.8 Å². The standard InChI is InChI=1S/C17H22N6O2/c1-12-14(13(2)21-11-20-12)17(24)23-8-4-7-22(9-10-23)15-16(25-3)19-6-5-18-15/h5-6,11H,4,7-10H2,1-3H3. The maximum absolute atomic E-state index is 12.9. The molecule has 132 valence electrons. The molecule has 0 bridgehead atoms. The Morgan fingerprint density at radius 3 is 2.44 bits per heavy atom. The van der Waals surface area contributed by atoms with E-state index in [9.17, 15) is 4.79 Å². The van der Waals surface area contributed by atoms with Gasteiger partial charge in [-0.25, -0.2) is 19.9 Å². The Hall–Kier alpha value is -2.77. The van der Waals surface area contributed by atoms with E-state index in [0.29, 0.717) is 42.5 Å².